The quantitative estimate of drug-likeness (QED) is 0.181. The van der Waals surface area contributed by atoms with Crippen molar-refractivity contribution in [1.29, 1.82) is 0 Å². The number of nitrogens with one attached hydrogen (secondary N) is 1. The predicted molar refractivity (Wildman–Crippen MR) is 178 cm³/mol. The molecule has 4 aromatic carbocycles. The maximum Gasteiger partial charge on any atom is 0.264 e. The molecule has 0 aliphatic carbocycles. The van der Waals surface area contributed by atoms with Crippen molar-refractivity contribution in [3.8, 4) is 5.75 Å². The molecule has 8 nitrogen and oxygen atoms in total. The maximum absolute atomic E-state index is 14.4. The minimum atomic E-state index is -4.22. The van der Waals surface area contributed by atoms with Gasteiger partial charge in [-0.05, 0) is 74.4 Å². The number of likely N-dealkylation sites (N-methyl/N-ethyl adjacent to an activating group) is 1. The van der Waals surface area contributed by atoms with Gasteiger partial charge in [-0.1, -0.05) is 77.8 Å². The van der Waals surface area contributed by atoms with Crippen molar-refractivity contribution in [2.45, 2.75) is 44.7 Å². The SMILES string of the molecule is CCNC(=O)C(Cc1ccccc1)N(Cc1ccccc1Cl)C(=O)CN(c1ccc(C)cc1)S(=O)(=O)c1ccc(OCC)cc1. The van der Waals surface area contributed by atoms with Gasteiger partial charge in [0.05, 0.1) is 17.2 Å². The lowest BCUT2D eigenvalue weighted by Crippen LogP contribution is -2.53. The molecule has 0 radical (unpaired) electrons. The number of carbonyl (C=O) groups is 2. The zero-order valence-corrected chi connectivity index (χ0v) is 27.2. The Hall–Kier alpha value is -4.34. The number of nitrogens with zero attached hydrogens (tertiary/aromatic N) is 2. The largest absolute Gasteiger partial charge is 0.494 e. The van der Waals surface area contributed by atoms with Gasteiger partial charge in [-0.3, -0.25) is 13.9 Å². The lowest BCUT2D eigenvalue weighted by atomic mass is 10.0. The third kappa shape index (κ3) is 8.65. The normalized spacial score (nSPS) is 11.8. The molecule has 0 aliphatic rings. The summed E-state index contributed by atoms with van der Waals surface area (Å²) in [6, 6.07) is 28.5. The zero-order chi connectivity index (χ0) is 32.4. The van der Waals surface area contributed by atoms with E-state index in [1.54, 1.807) is 67.6 Å². The Bertz CT molecular complexity index is 1680. The maximum atomic E-state index is 14.4. The molecule has 2 amide bonds. The molecule has 236 valence electrons. The number of hydrogen-bond donors (Lipinski definition) is 1. The van der Waals surface area contributed by atoms with E-state index in [2.05, 4.69) is 5.32 Å². The fraction of sp³-hybridized carbons (Fsp3) is 0.257. The molecule has 0 saturated heterocycles. The molecular formula is C35H38ClN3O5S. The first-order valence-electron chi connectivity index (χ1n) is 14.8. The Kier molecular flexibility index (Phi) is 11.6. The number of aryl methyl sites for hydroxylation is 1. The third-order valence-electron chi connectivity index (χ3n) is 7.24. The van der Waals surface area contributed by atoms with Crippen molar-refractivity contribution in [1.82, 2.24) is 10.2 Å². The molecule has 4 rings (SSSR count). The molecule has 0 fully saturated rings. The molecule has 0 saturated carbocycles. The van der Waals surface area contributed by atoms with Crippen molar-refractivity contribution < 1.29 is 22.7 Å². The third-order valence-corrected chi connectivity index (χ3v) is 9.40. The summed E-state index contributed by atoms with van der Waals surface area (Å²) in [6.45, 7) is 5.79. The van der Waals surface area contributed by atoms with E-state index in [1.165, 1.54) is 17.0 Å². The van der Waals surface area contributed by atoms with Gasteiger partial charge >= 0.3 is 0 Å². The number of hydrogen-bond acceptors (Lipinski definition) is 5. The van der Waals surface area contributed by atoms with E-state index in [9.17, 15) is 18.0 Å². The van der Waals surface area contributed by atoms with Crippen molar-refractivity contribution in [2.24, 2.45) is 0 Å². The summed E-state index contributed by atoms with van der Waals surface area (Å²) in [5.74, 6) is -0.374. The summed E-state index contributed by atoms with van der Waals surface area (Å²) in [5.41, 5.74) is 2.73. The Balaban J connectivity index is 1.79. The van der Waals surface area contributed by atoms with Crippen molar-refractivity contribution in [3.63, 3.8) is 0 Å². The minimum absolute atomic E-state index is 0.00143. The Morgan fingerprint density at radius 1 is 0.867 bits per heavy atom. The summed E-state index contributed by atoms with van der Waals surface area (Å²) in [5, 5.41) is 3.29. The number of ether oxygens (including phenoxy) is 1. The second kappa shape index (κ2) is 15.6. The van der Waals surface area contributed by atoms with Crippen molar-refractivity contribution in [3.05, 3.63) is 125 Å². The van der Waals surface area contributed by atoms with E-state index < -0.39 is 28.5 Å². The topological polar surface area (TPSA) is 96.0 Å². The fourth-order valence-electron chi connectivity index (χ4n) is 4.90. The first-order chi connectivity index (χ1) is 21.6. The summed E-state index contributed by atoms with van der Waals surface area (Å²) < 4.78 is 34.9. The molecule has 1 unspecified atom stereocenters. The summed E-state index contributed by atoms with van der Waals surface area (Å²) >= 11 is 6.53. The van der Waals surface area contributed by atoms with Crippen LogP contribution in [0.5, 0.6) is 5.75 Å². The highest BCUT2D eigenvalue weighted by atomic mass is 35.5. The highest BCUT2D eigenvalue weighted by molar-refractivity contribution is 7.92. The van der Waals surface area contributed by atoms with Crippen LogP contribution in [-0.2, 0) is 32.6 Å². The highest BCUT2D eigenvalue weighted by Crippen LogP contribution is 2.27. The van der Waals surface area contributed by atoms with Crippen molar-refractivity contribution in [2.75, 3.05) is 24.0 Å². The van der Waals surface area contributed by atoms with Crippen LogP contribution in [-0.4, -0.2) is 50.9 Å². The van der Waals surface area contributed by atoms with Crippen LogP contribution in [0.2, 0.25) is 5.02 Å². The second-order valence-electron chi connectivity index (χ2n) is 10.5. The minimum Gasteiger partial charge on any atom is -0.494 e. The van der Waals surface area contributed by atoms with Crippen molar-refractivity contribution >= 4 is 39.1 Å². The molecule has 0 aliphatic heterocycles. The highest BCUT2D eigenvalue weighted by Gasteiger charge is 2.34. The summed E-state index contributed by atoms with van der Waals surface area (Å²) in [4.78, 5) is 29.5. The van der Waals surface area contributed by atoms with Gasteiger partial charge in [0, 0.05) is 24.5 Å². The molecule has 45 heavy (non-hydrogen) atoms. The van der Waals surface area contributed by atoms with Gasteiger partial charge in [0.2, 0.25) is 11.8 Å². The van der Waals surface area contributed by atoms with Crippen LogP contribution in [0.15, 0.2) is 108 Å². The molecule has 1 atom stereocenters. The average molecular weight is 648 g/mol. The van der Waals surface area contributed by atoms with Gasteiger partial charge in [0.15, 0.2) is 0 Å². The molecule has 0 aromatic heterocycles. The second-order valence-corrected chi connectivity index (χ2v) is 12.7. The van der Waals surface area contributed by atoms with Crippen LogP contribution in [0, 0.1) is 6.92 Å². The van der Waals surface area contributed by atoms with E-state index in [-0.39, 0.29) is 23.8 Å². The van der Waals surface area contributed by atoms with Gasteiger partial charge in [-0.2, -0.15) is 0 Å². The Labute approximate surface area is 270 Å². The molecule has 1 N–H and O–H groups in total. The van der Waals surface area contributed by atoms with E-state index in [1.807, 2.05) is 44.2 Å². The number of carbonyl (C=O) groups excluding carboxylic acids is 2. The van der Waals surface area contributed by atoms with Crippen LogP contribution >= 0.6 is 11.6 Å². The average Bonchev–Trinajstić information content (AvgIpc) is 3.04. The molecule has 0 heterocycles. The summed E-state index contributed by atoms with van der Waals surface area (Å²) in [6.07, 6.45) is 0.221. The Morgan fingerprint density at radius 3 is 2.13 bits per heavy atom. The van der Waals surface area contributed by atoms with Crippen LogP contribution in [0.4, 0.5) is 5.69 Å². The Morgan fingerprint density at radius 2 is 1.51 bits per heavy atom. The van der Waals surface area contributed by atoms with E-state index in [0.29, 0.717) is 35.2 Å². The molecule has 4 aromatic rings. The molecule has 10 heteroatoms. The first-order valence-corrected chi connectivity index (χ1v) is 16.6. The molecule has 0 bridgehead atoms. The number of sulfonamides is 1. The lowest BCUT2D eigenvalue weighted by molar-refractivity contribution is -0.140. The number of anilines is 1. The van der Waals surface area contributed by atoms with Gasteiger partial charge in [0.25, 0.3) is 10.0 Å². The number of benzene rings is 4. The summed E-state index contributed by atoms with van der Waals surface area (Å²) in [7, 11) is -4.22. The van der Waals surface area contributed by atoms with Crippen LogP contribution in [0.25, 0.3) is 0 Å². The zero-order valence-electron chi connectivity index (χ0n) is 25.6. The predicted octanol–water partition coefficient (Wildman–Crippen LogP) is 6.02. The van der Waals surface area contributed by atoms with Crippen LogP contribution < -0.4 is 14.4 Å². The van der Waals surface area contributed by atoms with E-state index >= 15 is 0 Å². The van der Waals surface area contributed by atoms with E-state index in [4.69, 9.17) is 16.3 Å². The smallest absolute Gasteiger partial charge is 0.264 e. The lowest BCUT2D eigenvalue weighted by Gasteiger charge is -2.34. The molecule has 0 spiro atoms. The monoisotopic (exact) mass is 647 g/mol. The van der Waals surface area contributed by atoms with Gasteiger partial charge in [-0.15, -0.1) is 0 Å². The first kappa shape index (κ1) is 33.6. The number of halogens is 1. The van der Waals surface area contributed by atoms with E-state index in [0.717, 1.165) is 15.4 Å². The van der Waals surface area contributed by atoms with Crippen LogP contribution in [0.3, 0.4) is 0 Å². The van der Waals surface area contributed by atoms with Gasteiger partial charge in [-0.25, -0.2) is 8.42 Å². The van der Waals surface area contributed by atoms with Crippen LogP contribution in [0.1, 0.15) is 30.5 Å². The van der Waals surface area contributed by atoms with Gasteiger partial charge < -0.3 is 15.0 Å². The number of rotatable bonds is 14. The van der Waals surface area contributed by atoms with Gasteiger partial charge in [0.1, 0.15) is 18.3 Å². The fourth-order valence-corrected chi connectivity index (χ4v) is 6.51. The standard InChI is InChI=1S/C35H38ClN3O5S/c1-4-37-35(41)33(23-27-11-7-6-8-12-27)38(24-28-13-9-10-14-32(28)36)34(40)25-39(29-17-15-26(3)16-18-29)45(42,43)31-21-19-30(20-22-31)44-5-2/h6-22,33H,4-5,23-25H2,1-3H3,(H,37,41). The molecular weight excluding hydrogens is 610 g/mol. The number of amides is 2.